The van der Waals surface area contributed by atoms with Crippen molar-refractivity contribution in [2.75, 3.05) is 12.0 Å². The smallest absolute Gasteiger partial charge is 0.357 e. The third-order valence-electron chi connectivity index (χ3n) is 3.22. The number of ether oxygens (including phenoxy) is 1. The van der Waals surface area contributed by atoms with Crippen LogP contribution in [0.2, 0.25) is 0 Å². The number of amides is 1. The topological polar surface area (TPSA) is 96.8 Å². The van der Waals surface area contributed by atoms with Gasteiger partial charge in [-0.05, 0) is 30.7 Å². The number of aromatic carboxylic acids is 1. The van der Waals surface area contributed by atoms with Crippen LogP contribution in [0.3, 0.4) is 0 Å². The second-order valence-electron chi connectivity index (χ2n) is 4.88. The van der Waals surface area contributed by atoms with Gasteiger partial charge in [-0.25, -0.2) is 14.2 Å². The molecule has 9 heteroatoms. The van der Waals surface area contributed by atoms with E-state index in [9.17, 15) is 23.9 Å². The normalized spacial score (nSPS) is 10.4. The van der Waals surface area contributed by atoms with E-state index in [1.807, 2.05) is 0 Å². The highest BCUT2D eigenvalue weighted by atomic mass is 32.1. The van der Waals surface area contributed by atoms with Gasteiger partial charge in [0.1, 0.15) is 17.2 Å². The van der Waals surface area contributed by atoms with Gasteiger partial charge in [0, 0.05) is 5.69 Å². The lowest BCUT2D eigenvalue weighted by molar-refractivity contribution is -0.143. The van der Waals surface area contributed by atoms with Crippen LogP contribution in [0.5, 0.6) is 0 Å². The number of nitrogens with zero attached hydrogens (tertiary/aromatic N) is 2. The van der Waals surface area contributed by atoms with Crippen LogP contribution < -0.4 is 4.90 Å². The molecule has 1 aromatic heterocycles. The van der Waals surface area contributed by atoms with Gasteiger partial charge in [-0.2, -0.15) is 0 Å². The zero-order valence-electron chi connectivity index (χ0n) is 13.5. The minimum Gasteiger partial charge on any atom is -0.476 e. The fourth-order valence-electron chi connectivity index (χ4n) is 2.04. The fourth-order valence-corrected chi connectivity index (χ4v) is 3.07. The summed E-state index contributed by atoms with van der Waals surface area (Å²) in [6.45, 7) is 1.80. The molecule has 1 amide bonds. The summed E-state index contributed by atoms with van der Waals surface area (Å²) in [4.78, 5) is 40.6. The molecular formula is C16H15FN2O5S. The van der Waals surface area contributed by atoms with Gasteiger partial charge in [-0.15, -0.1) is 0 Å². The lowest BCUT2D eigenvalue weighted by Crippen LogP contribution is -2.29. The molecule has 0 radical (unpaired) electrons. The van der Waals surface area contributed by atoms with Crippen molar-refractivity contribution in [1.29, 1.82) is 0 Å². The average Bonchev–Trinajstić information content (AvgIpc) is 3.01. The Hall–Kier alpha value is -2.81. The van der Waals surface area contributed by atoms with E-state index in [2.05, 4.69) is 9.72 Å². The summed E-state index contributed by atoms with van der Waals surface area (Å²) in [5.41, 5.74) is -0.0755. The number of halogens is 1. The van der Waals surface area contributed by atoms with Crippen molar-refractivity contribution in [3.05, 3.63) is 40.8 Å². The number of carboxylic acids is 1. The number of carboxylic acid groups (broad SMARTS) is 1. The van der Waals surface area contributed by atoms with Crippen molar-refractivity contribution in [2.45, 2.75) is 19.8 Å². The molecule has 25 heavy (non-hydrogen) atoms. The predicted molar refractivity (Wildman–Crippen MR) is 88.6 cm³/mol. The molecule has 0 bridgehead atoms. The molecule has 0 aliphatic rings. The lowest BCUT2D eigenvalue weighted by atomic mass is 10.2. The van der Waals surface area contributed by atoms with Crippen LogP contribution in [0.4, 0.5) is 15.1 Å². The van der Waals surface area contributed by atoms with Gasteiger partial charge in [-0.1, -0.05) is 18.3 Å². The van der Waals surface area contributed by atoms with Gasteiger partial charge in [-0.3, -0.25) is 14.5 Å². The number of hydrogen-bond acceptors (Lipinski definition) is 6. The summed E-state index contributed by atoms with van der Waals surface area (Å²) in [5.74, 6) is -3.29. The summed E-state index contributed by atoms with van der Waals surface area (Å²) in [6.07, 6.45) is -0.111. The number of aromatic nitrogens is 1. The molecule has 0 unspecified atom stereocenters. The second-order valence-corrected chi connectivity index (χ2v) is 5.94. The van der Waals surface area contributed by atoms with Crippen molar-refractivity contribution < 1.29 is 28.6 Å². The highest BCUT2D eigenvalue weighted by Crippen LogP contribution is 2.35. The van der Waals surface area contributed by atoms with Gasteiger partial charge in [0.25, 0.3) is 0 Å². The Morgan fingerprint density at radius 3 is 2.44 bits per heavy atom. The molecule has 0 saturated carbocycles. The Labute approximate surface area is 146 Å². The third-order valence-corrected chi connectivity index (χ3v) is 4.40. The molecular weight excluding hydrogens is 351 g/mol. The first kappa shape index (κ1) is 18.5. The van der Waals surface area contributed by atoms with Crippen LogP contribution in [0.1, 0.15) is 28.8 Å². The third kappa shape index (κ3) is 4.18. The quantitative estimate of drug-likeness (QED) is 0.624. The molecule has 0 aliphatic carbocycles. The maximum atomic E-state index is 13.2. The number of benzene rings is 1. The lowest BCUT2D eigenvalue weighted by Gasteiger charge is -2.21. The zero-order chi connectivity index (χ0) is 18.6. The highest BCUT2D eigenvalue weighted by Gasteiger charge is 2.29. The Bertz CT molecular complexity index is 803. The van der Waals surface area contributed by atoms with Crippen LogP contribution in [0, 0.1) is 5.82 Å². The van der Waals surface area contributed by atoms with Gasteiger partial charge in [0.05, 0.1) is 12.1 Å². The molecule has 0 aliphatic heterocycles. The monoisotopic (exact) mass is 366 g/mol. The molecule has 1 heterocycles. The molecule has 7 nitrogen and oxygen atoms in total. The van der Waals surface area contributed by atoms with Crippen molar-refractivity contribution >= 4 is 39.9 Å². The molecule has 0 saturated heterocycles. The van der Waals surface area contributed by atoms with Crippen LogP contribution in [-0.2, 0) is 20.7 Å². The summed E-state index contributed by atoms with van der Waals surface area (Å²) in [6, 6.07) is 4.91. The SMILES string of the molecule is CCc1nc(C(=O)O)c(N(C(=O)CC(=O)OC)c2ccc(F)cc2)s1. The molecule has 2 rings (SSSR count). The Morgan fingerprint density at radius 2 is 1.92 bits per heavy atom. The van der Waals surface area contributed by atoms with E-state index < -0.39 is 30.1 Å². The summed E-state index contributed by atoms with van der Waals surface area (Å²) >= 11 is 1.03. The van der Waals surface area contributed by atoms with Crippen LogP contribution >= 0.6 is 11.3 Å². The molecule has 0 fully saturated rings. The van der Waals surface area contributed by atoms with E-state index in [0.717, 1.165) is 35.5 Å². The van der Waals surface area contributed by atoms with Crippen molar-refractivity contribution in [3.8, 4) is 0 Å². The minimum atomic E-state index is -1.30. The largest absolute Gasteiger partial charge is 0.476 e. The number of aryl methyl sites for hydroxylation is 1. The first-order chi connectivity index (χ1) is 11.9. The number of rotatable bonds is 6. The first-order valence-corrected chi connectivity index (χ1v) is 8.07. The number of carbonyl (C=O) groups excluding carboxylic acids is 2. The maximum absolute atomic E-state index is 13.2. The Morgan fingerprint density at radius 1 is 1.28 bits per heavy atom. The van der Waals surface area contributed by atoms with E-state index in [-0.39, 0.29) is 16.4 Å². The molecule has 1 aromatic carbocycles. The average molecular weight is 366 g/mol. The Balaban J connectivity index is 2.56. The van der Waals surface area contributed by atoms with Crippen LogP contribution in [0.15, 0.2) is 24.3 Å². The number of thiazole rings is 1. The maximum Gasteiger partial charge on any atom is 0.357 e. The number of esters is 1. The molecule has 132 valence electrons. The van der Waals surface area contributed by atoms with Gasteiger partial charge in [0.15, 0.2) is 5.69 Å². The zero-order valence-corrected chi connectivity index (χ0v) is 14.3. The van der Waals surface area contributed by atoms with Gasteiger partial charge in [0.2, 0.25) is 5.91 Å². The second kappa shape index (κ2) is 7.84. The van der Waals surface area contributed by atoms with Crippen molar-refractivity contribution in [3.63, 3.8) is 0 Å². The number of methoxy groups -OCH3 is 1. The highest BCUT2D eigenvalue weighted by molar-refractivity contribution is 7.16. The Kier molecular flexibility index (Phi) is 5.81. The van der Waals surface area contributed by atoms with Gasteiger partial charge < -0.3 is 9.84 Å². The molecule has 2 aromatic rings. The van der Waals surface area contributed by atoms with E-state index in [0.29, 0.717) is 11.4 Å². The van der Waals surface area contributed by atoms with Crippen molar-refractivity contribution in [2.24, 2.45) is 0 Å². The minimum absolute atomic E-state index is 0.0601. The predicted octanol–water partition coefficient (Wildman–Crippen LogP) is 2.77. The van der Waals surface area contributed by atoms with Crippen LogP contribution in [-0.4, -0.2) is 35.0 Å². The van der Waals surface area contributed by atoms with Crippen molar-refractivity contribution in [1.82, 2.24) is 4.98 Å². The molecule has 0 atom stereocenters. The number of anilines is 2. The molecule has 0 spiro atoms. The van der Waals surface area contributed by atoms with Crippen LogP contribution in [0.25, 0.3) is 0 Å². The van der Waals surface area contributed by atoms with E-state index in [4.69, 9.17) is 0 Å². The standard InChI is InChI=1S/C16H15FN2O5S/c1-3-11-18-14(16(22)23)15(25-11)19(12(20)8-13(21)24-2)10-6-4-9(17)5-7-10/h4-7H,3,8H2,1-2H3,(H,22,23). The summed E-state index contributed by atoms with van der Waals surface area (Å²) in [7, 11) is 1.14. The summed E-state index contributed by atoms with van der Waals surface area (Å²) < 4.78 is 17.7. The first-order valence-electron chi connectivity index (χ1n) is 7.25. The van der Waals surface area contributed by atoms with E-state index >= 15 is 0 Å². The molecule has 1 N–H and O–H groups in total. The van der Waals surface area contributed by atoms with Gasteiger partial charge >= 0.3 is 11.9 Å². The summed E-state index contributed by atoms with van der Waals surface area (Å²) in [5, 5.41) is 9.96. The number of hydrogen-bond donors (Lipinski definition) is 1. The van der Waals surface area contributed by atoms with E-state index in [1.54, 1.807) is 6.92 Å². The number of carbonyl (C=O) groups is 3. The fraction of sp³-hybridized carbons (Fsp3) is 0.250. The van der Waals surface area contributed by atoms with E-state index in [1.165, 1.54) is 12.1 Å².